The van der Waals surface area contributed by atoms with Crippen LogP contribution in [-0.4, -0.2) is 33.8 Å². The molecule has 0 fully saturated rings. The van der Waals surface area contributed by atoms with Gasteiger partial charge in [0.05, 0.1) is 18.4 Å². The van der Waals surface area contributed by atoms with Gasteiger partial charge in [0.2, 0.25) is 5.03 Å². The second kappa shape index (κ2) is 11.8. The van der Waals surface area contributed by atoms with Crippen molar-refractivity contribution in [2.75, 3.05) is 0 Å². The summed E-state index contributed by atoms with van der Waals surface area (Å²) < 4.78 is 54.8. The van der Waals surface area contributed by atoms with Gasteiger partial charge in [-0.25, -0.2) is 9.37 Å². The van der Waals surface area contributed by atoms with Crippen molar-refractivity contribution in [1.82, 2.24) is 19.4 Å². The third-order valence-electron chi connectivity index (χ3n) is 7.78. The van der Waals surface area contributed by atoms with Crippen molar-refractivity contribution in [2.24, 2.45) is 7.05 Å². The quantitative estimate of drug-likeness (QED) is 0.175. The largest absolute Gasteiger partial charge is 0.478 e. The van der Waals surface area contributed by atoms with Crippen LogP contribution in [0.5, 0.6) is 11.5 Å². The van der Waals surface area contributed by atoms with Gasteiger partial charge < -0.3 is 18.4 Å². The Hall–Kier alpha value is -5.55. The Balaban J connectivity index is 1.42. The maximum absolute atomic E-state index is 14.3. The molecular weight excluding hydrogens is 607 g/mol. The lowest BCUT2D eigenvalue weighted by molar-refractivity contribution is 0.0762. The van der Waals surface area contributed by atoms with Crippen LogP contribution in [-0.2, 0) is 30.3 Å². The molecule has 0 bridgehead atoms. The molecule has 7 rings (SSSR count). The van der Waals surface area contributed by atoms with E-state index in [-0.39, 0.29) is 40.7 Å². The number of amides is 1. The summed E-state index contributed by atoms with van der Waals surface area (Å²) in [5.74, 6) is -0.613. The predicted molar refractivity (Wildman–Crippen MR) is 168 cm³/mol. The van der Waals surface area contributed by atoms with E-state index in [1.807, 2.05) is 60.7 Å². The van der Waals surface area contributed by atoms with Gasteiger partial charge in [0.1, 0.15) is 17.4 Å². The van der Waals surface area contributed by atoms with Crippen LogP contribution < -0.4 is 8.92 Å². The summed E-state index contributed by atoms with van der Waals surface area (Å²) in [7, 11) is -2.75. The Labute approximate surface area is 264 Å². The minimum Gasteiger partial charge on any atom is -0.478 e. The second-order valence-corrected chi connectivity index (χ2v) is 12.4. The normalized spacial score (nSPS) is 12.9. The van der Waals surface area contributed by atoms with Crippen molar-refractivity contribution in [3.63, 3.8) is 0 Å². The van der Waals surface area contributed by atoms with Crippen LogP contribution in [0.2, 0.25) is 0 Å². The number of pyridine rings is 1. The van der Waals surface area contributed by atoms with E-state index in [0.717, 1.165) is 11.1 Å². The van der Waals surface area contributed by atoms with Gasteiger partial charge in [0.25, 0.3) is 5.91 Å². The fraction of sp³-hybridized carbons (Fsp3) is 0.114. The lowest BCUT2D eigenvalue weighted by atomic mass is 9.99. The van der Waals surface area contributed by atoms with E-state index in [1.165, 1.54) is 29.2 Å². The Bertz CT molecular complexity index is 2130. The molecule has 0 N–H and O–H groups in total. The highest BCUT2D eigenvalue weighted by Crippen LogP contribution is 2.47. The third-order valence-corrected chi connectivity index (χ3v) is 8.89. The first-order valence-electron chi connectivity index (χ1n) is 14.4. The lowest BCUT2D eigenvalue weighted by Gasteiger charge is -2.23. The number of carbonyl (C=O) groups excluding carboxylic acids is 1. The average Bonchev–Trinajstić information content (AvgIpc) is 3.66. The van der Waals surface area contributed by atoms with E-state index in [2.05, 4.69) is 9.97 Å². The van der Waals surface area contributed by atoms with Gasteiger partial charge in [-0.05, 0) is 41.0 Å². The molecular formula is C35H27FN4O5S. The standard InChI is InChI=1S/C35H27FN4O5S/c1-39-21-29(38-22-39)46(42,43)45-33-27-13-8-18-37-31(27)34(44-32(24-9-4-2-5-10-24)25-11-6-3-7-12-25)30-28(33)20-40(35(30)41)19-23-14-16-26(36)17-15-23/h2-18,21-22,32H,19-20H2,1H3. The third kappa shape index (κ3) is 5.45. The van der Waals surface area contributed by atoms with Gasteiger partial charge in [-0.1, -0.05) is 72.8 Å². The number of aromatic nitrogens is 3. The minimum absolute atomic E-state index is 0.0150. The molecule has 0 saturated heterocycles. The van der Waals surface area contributed by atoms with Gasteiger partial charge >= 0.3 is 10.1 Å². The van der Waals surface area contributed by atoms with Crippen molar-refractivity contribution in [1.29, 1.82) is 0 Å². The smallest absolute Gasteiger partial charge is 0.358 e. The SMILES string of the molecule is Cn1cnc(S(=O)(=O)Oc2c3c(c(OC(c4ccccc4)c4ccccc4)c4ncccc24)C(=O)N(Cc2ccc(F)cc2)C3)c1. The van der Waals surface area contributed by atoms with Crippen molar-refractivity contribution in [2.45, 2.75) is 24.2 Å². The molecule has 1 aliphatic heterocycles. The zero-order valence-corrected chi connectivity index (χ0v) is 25.4. The zero-order valence-electron chi connectivity index (χ0n) is 24.6. The first-order chi connectivity index (χ1) is 22.3. The monoisotopic (exact) mass is 634 g/mol. The molecule has 0 unspecified atom stereocenters. The summed E-state index contributed by atoms with van der Waals surface area (Å²) in [4.78, 5) is 24.4. The molecule has 0 radical (unpaired) electrons. The lowest BCUT2D eigenvalue weighted by Crippen LogP contribution is -2.23. The van der Waals surface area contributed by atoms with Crippen LogP contribution in [0.25, 0.3) is 10.9 Å². The molecule has 1 amide bonds. The highest BCUT2D eigenvalue weighted by molar-refractivity contribution is 7.87. The molecule has 0 aliphatic carbocycles. The number of rotatable bonds is 9. The van der Waals surface area contributed by atoms with Crippen LogP contribution in [0.15, 0.2) is 121 Å². The number of carbonyl (C=O) groups is 1. The summed E-state index contributed by atoms with van der Waals surface area (Å²) >= 11 is 0. The molecule has 230 valence electrons. The van der Waals surface area contributed by atoms with E-state index in [0.29, 0.717) is 16.5 Å². The van der Waals surface area contributed by atoms with Crippen molar-refractivity contribution in [3.05, 3.63) is 149 Å². The zero-order chi connectivity index (χ0) is 31.8. The summed E-state index contributed by atoms with van der Waals surface area (Å²) in [5, 5.41) is 0.0777. The highest BCUT2D eigenvalue weighted by atomic mass is 32.2. The number of benzene rings is 4. The number of hydrogen-bond donors (Lipinski definition) is 0. The van der Waals surface area contributed by atoms with E-state index < -0.39 is 27.9 Å². The van der Waals surface area contributed by atoms with Gasteiger partial charge in [-0.3, -0.25) is 9.78 Å². The molecule has 1 aliphatic rings. The van der Waals surface area contributed by atoms with Crippen LogP contribution in [0, 0.1) is 5.82 Å². The van der Waals surface area contributed by atoms with Crippen LogP contribution in [0.4, 0.5) is 4.39 Å². The molecule has 6 aromatic rings. The van der Waals surface area contributed by atoms with Gasteiger partial charge in [-0.15, -0.1) is 0 Å². The maximum atomic E-state index is 14.3. The van der Waals surface area contributed by atoms with E-state index in [4.69, 9.17) is 8.92 Å². The summed E-state index contributed by atoms with van der Waals surface area (Å²) in [6, 6.07) is 28.4. The number of halogens is 1. The Morgan fingerprint density at radius 1 is 0.870 bits per heavy atom. The summed E-state index contributed by atoms with van der Waals surface area (Å²) in [6.45, 7) is 0.158. The number of ether oxygens (including phenoxy) is 1. The topological polar surface area (TPSA) is 104 Å². The van der Waals surface area contributed by atoms with Crippen molar-refractivity contribution >= 4 is 26.9 Å². The molecule has 0 spiro atoms. The summed E-state index contributed by atoms with van der Waals surface area (Å²) in [5.41, 5.74) is 3.14. The van der Waals surface area contributed by atoms with Crippen LogP contribution >= 0.6 is 0 Å². The Morgan fingerprint density at radius 3 is 2.17 bits per heavy atom. The molecule has 9 nitrogen and oxygen atoms in total. The van der Waals surface area contributed by atoms with Crippen molar-refractivity contribution in [3.8, 4) is 11.5 Å². The van der Waals surface area contributed by atoms with Crippen LogP contribution in [0.3, 0.4) is 0 Å². The molecule has 11 heteroatoms. The predicted octanol–water partition coefficient (Wildman–Crippen LogP) is 6.20. The second-order valence-electron chi connectivity index (χ2n) is 10.9. The number of fused-ring (bicyclic) bond motifs is 2. The van der Waals surface area contributed by atoms with E-state index in [9.17, 15) is 17.6 Å². The number of imidazole rings is 1. The highest BCUT2D eigenvalue weighted by Gasteiger charge is 2.39. The average molecular weight is 635 g/mol. The number of aryl methyl sites for hydroxylation is 1. The number of hydrogen-bond acceptors (Lipinski definition) is 7. The van der Waals surface area contributed by atoms with E-state index >= 15 is 0 Å². The van der Waals surface area contributed by atoms with Gasteiger partial charge in [0.15, 0.2) is 11.5 Å². The van der Waals surface area contributed by atoms with Crippen molar-refractivity contribution < 1.29 is 26.5 Å². The first-order valence-corrected chi connectivity index (χ1v) is 15.9. The van der Waals surface area contributed by atoms with Crippen LogP contribution in [0.1, 0.15) is 38.7 Å². The molecule has 2 aromatic heterocycles. The molecule has 4 aromatic carbocycles. The maximum Gasteiger partial charge on any atom is 0.358 e. The summed E-state index contributed by atoms with van der Waals surface area (Å²) in [6.07, 6.45) is 3.62. The molecule has 3 heterocycles. The molecule has 46 heavy (non-hydrogen) atoms. The fourth-order valence-corrected chi connectivity index (χ4v) is 6.59. The number of nitrogens with zero attached hydrogens (tertiary/aromatic N) is 4. The van der Waals surface area contributed by atoms with E-state index in [1.54, 1.807) is 42.4 Å². The fourth-order valence-electron chi connectivity index (χ4n) is 5.62. The Morgan fingerprint density at radius 2 is 1.54 bits per heavy atom. The molecule has 0 atom stereocenters. The van der Waals surface area contributed by atoms with Gasteiger partial charge in [0, 0.05) is 36.9 Å². The first kappa shape index (κ1) is 29.2. The van der Waals surface area contributed by atoms with Gasteiger partial charge in [-0.2, -0.15) is 8.42 Å². The minimum atomic E-state index is -4.40. The molecule has 0 saturated carbocycles. The Kier molecular flexibility index (Phi) is 7.45.